The lowest BCUT2D eigenvalue weighted by Crippen LogP contribution is -2.60. The van der Waals surface area contributed by atoms with Gasteiger partial charge in [0.15, 0.2) is 0 Å². The number of carbonyl (C=O) groups excluding carboxylic acids is 3. The third kappa shape index (κ3) is 6.95. The molecule has 0 aromatic heterocycles. The number of rotatable bonds is 8. The number of hydrogen-bond acceptors (Lipinski definition) is 7. The first kappa shape index (κ1) is 29.0. The van der Waals surface area contributed by atoms with Gasteiger partial charge in [-0.1, -0.05) is 6.07 Å². The highest BCUT2D eigenvalue weighted by molar-refractivity contribution is 5.98. The molecule has 3 amide bonds. The molecule has 2 aromatic carbocycles. The number of hydrogen-bond donors (Lipinski definition) is 2. The van der Waals surface area contributed by atoms with Gasteiger partial charge in [0.25, 0.3) is 0 Å². The minimum atomic E-state index is -4.42. The van der Waals surface area contributed by atoms with E-state index in [4.69, 9.17) is 9.47 Å². The van der Waals surface area contributed by atoms with Crippen molar-refractivity contribution in [3.05, 3.63) is 48.0 Å². The highest BCUT2D eigenvalue weighted by atomic mass is 19.4. The summed E-state index contributed by atoms with van der Waals surface area (Å²) in [5.41, 5.74) is 0.151. The molecule has 2 aliphatic rings. The second-order valence-corrected chi connectivity index (χ2v) is 9.52. The molecular formula is C27H32F3N5O5. The molecule has 0 aliphatic carbocycles. The number of carbonyl (C=O) groups is 3. The van der Waals surface area contributed by atoms with E-state index in [2.05, 4.69) is 10.6 Å². The topological polar surface area (TPSA) is 103 Å². The highest BCUT2D eigenvalue weighted by Crippen LogP contribution is 2.32. The molecule has 2 aromatic rings. The van der Waals surface area contributed by atoms with Crippen LogP contribution in [0.5, 0.6) is 11.5 Å². The Morgan fingerprint density at radius 2 is 1.77 bits per heavy atom. The van der Waals surface area contributed by atoms with Crippen LogP contribution in [0.1, 0.15) is 12.0 Å². The number of methoxy groups -OCH3 is 2. The van der Waals surface area contributed by atoms with Crippen LogP contribution < -0.4 is 25.0 Å². The van der Waals surface area contributed by atoms with Gasteiger partial charge in [0.05, 0.1) is 38.4 Å². The molecule has 2 aliphatic heterocycles. The number of amides is 3. The smallest absolute Gasteiger partial charge is 0.416 e. The molecule has 2 saturated heterocycles. The van der Waals surface area contributed by atoms with E-state index in [9.17, 15) is 27.6 Å². The number of benzene rings is 2. The van der Waals surface area contributed by atoms with Crippen molar-refractivity contribution in [2.24, 2.45) is 0 Å². The van der Waals surface area contributed by atoms with Crippen LogP contribution in [-0.4, -0.2) is 93.6 Å². The number of nitrogens with zero attached hydrogens (tertiary/aromatic N) is 3. The molecule has 2 heterocycles. The van der Waals surface area contributed by atoms with Crippen LogP contribution in [-0.2, 0) is 20.6 Å². The van der Waals surface area contributed by atoms with Gasteiger partial charge in [-0.15, -0.1) is 0 Å². The van der Waals surface area contributed by atoms with Gasteiger partial charge in [-0.25, -0.2) is 0 Å². The number of alkyl halides is 3. The van der Waals surface area contributed by atoms with Gasteiger partial charge in [-0.3, -0.25) is 19.3 Å². The first-order valence-electron chi connectivity index (χ1n) is 12.8. The van der Waals surface area contributed by atoms with Crippen molar-refractivity contribution in [3.8, 4) is 11.5 Å². The lowest BCUT2D eigenvalue weighted by Gasteiger charge is -2.39. The van der Waals surface area contributed by atoms with Crippen LogP contribution in [0.4, 0.5) is 24.5 Å². The Morgan fingerprint density at radius 1 is 1.02 bits per heavy atom. The summed E-state index contributed by atoms with van der Waals surface area (Å²) in [5.74, 6) is -0.252. The summed E-state index contributed by atoms with van der Waals surface area (Å²) in [4.78, 5) is 44.0. The van der Waals surface area contributed by atoms with E-state index in [1.54, 1.807) is 24.3 Å². The maximum atomic E-state index is 13.2. The van der Waals surface area contributed by atoms with Crippen LogP contribution in [0.2, 0.25) is 0 Å². The fraction of sp³-hybridized carbons (Fsp3) is 0.444. The zero-order chi connectivity index (χ0) is 28.9. The van der Waals surface area contributed by atoms with Gasteiger partial charge in [0.1, 0.15) is 17.5 Å². The Kier molecular flexibility index (Phi) is 9.03. The van der Waals surface area contributed by atoms with Crippen molar-refractivity contribution < 1.29 is 37.0 Å². The van der Waals surface area contributed by atoms with Crippen molar-refractivity contribution in [1.82, 2.24) is 15.1 Å². The number of nitrogens with one attached hydrogen (secondary N) is 2. The molecule has 13 heteroatoms. The van der Waals surface area contributed by atoms with Crippen LogP contribution >= 0.6 is 0 Å². The minimum absolute atomic E-state index is 0.0333. The zero-order valence-electron chi connectivity index (χ0n) is 22.3. The first-order chi connectivity index (χ1) is 19.1. The van der Waals surface area contributed by atoms with Crippen molar-refractivity contribution in [2.75, 3.05) is 70.2 Å². The summed E-state index contributed by atoms with van der Waals surface area (Å²) < 4.78 is 49.8. The predicted molar refractivity (Wildman–Crippen MR) is 141 cm³/mol. The summed E-state index contributed by atoms with van der Waals surface area (Å²) in [7, 11) is 2.96. The summed E-state index contributed by atoms with van der Waals surface area (Å²) in [6.45, 7) is 2.38. The standard InChI is InChI=1S/C27H32F3N5O5/c1-39-20-6-7-23(40-2)21(15-20)32-24(36)16-22-26(38)31-8-9-35(22)25(37)17-33-10-12-34(13-11-33)19-5-3-4-18(14-19)27(28,29)30/h3-7,14-15,22H,8-13,16-17H2,1-2H3,(H,31,38)(H,32,36)/t22-/m1/s1. The molecule has 0 spiro atoms. The summed E-state index contributed by atoms with van der Waals surface area (Å²) in [5, 5.41) is 5.44. The monoisotopic (exact) mass is 563 g/mol. The van der Waals surface area contributed by atoms with Crippen molar-refractivity contribution in [3.63, 3.8) is 0 Å². The van der Waals surface area contributed by atoms with E-state index >= 15 is 0 Å². The molecule has 0 saturated carbocycles. The van der Waals surface area contributed by atoms with E-state index in [0.717, 1.165) is 12.1 Å². The highest BCUT2D eigenvalue weighted by Gasteiger charge is 2.36. The largest absolute Gasteiger partial charge is 0.497 e. The fourth-order valence-electron chi connectivity index (χ4n) is 4.83. The van der Waals surface area contributed by atoms with E-state index < -0.39 is 29.6 Å². The predicted octanol–water partition coefficient (Wildman–Crippen LogP) is 2.20. The maximum Gasteiger partial charge on any atom is 0.416 e. The van der Waals surface area contributed by atoms with Gasteiger partial charge in [-0.05, 0) is 30.3 Å². The van der Waals surface area contributed by atoms with Crippen LogP contribution in [0.15, 0.2) is 42.5 Å². The second kappa shape index (κ2) is 12.5. The quantitative estimate of drug-likeness (QED) is 0.508. The molecule has 2 N–H and O–H groups in total. The molecule has 0 unspecified atom stereocenters. The Labute approximate surface area is 230 Å². The van der Waals surface area contributed by atoms with Gasteiger partial charge in [-0.2, -0.15) is 13.2 Å². The van der Waals surface area contributed by atoms with E-state index in [1.165, 1.54) is 25.2 Å². The molecule has 1 atom stereocenters. The van der Waals surface area contributed by atoms with Crippen LogP contribution in [0.3, 0.4) is 0 Å². The molecule has 40 heavy (non-hydrogen) atoms. The molecule has 216 valence electrons. The maximum absolute atomic E-state index is 13.2. The number of halogens is 3. The van der Waals surface area contributed by atoms with Gasteiger partial charge in [0.2, 0.25) is 17.7 Å². The molecule has 2 fully saturated rings. The molecule has 0 radical (unpaired) electrons. The lowest BCUT2D eigenvalue weighted by atomic mass is 10.1. The van der Waals surface area contributed by atoms with Gasteiger partial charge < -0.3 is 29.9 Å². The summed E-state index contributed by atoms with van der Waals surface area (Å²) in [6.07, 6.45) is -4.67. The summed E-state index contributed by atoms with van der Waals surface area (Å²) >= 11 is 0. The average molecular weight is 564 g/mol. The molecule has 0 bridgehead atoms. The Bertz CT molecular complexity index is 1230. The molecule has 10 nitrogen and oxygen atoms in total. The number of anilines is 2. The van der Waals surface area contributed by atoms with Crippen molar-refractivity contribution in [1.29, 1.82) is 0 Å². The second-order valence-electron chi connectivity index (χ2n) is 9.52. The molecule has 4 rings (SSSR count). The fourth-order valence-corrected chi connectivity index (χ4v) is 4.83. The van der Waals surface area contributed by atoms with E-state index in [-0.39, 0.29) is 32.0 Å². The summed E-state index contributed by atoms with van der Waals surface area (Å²) in [6, 6.07) is 9.13. The third-order valence-corrected chi connectivity index (χ3v) is 6.98. The molecular weight excluding hydrogens is 531 g/mol. The number of ether oxygens (including phenoxy) is 2. The third-order valence-electron chi connectivity index (χ3n) is 6.98. The van der Waals surface area contributed by atoms with Gasteiger partial charge >= 0.3 is 6.18 Å². The van der Waals surface area contributed by atoms with Crippen molar-refractivity contribution >= 4 is 29.1 Å². The van der Waals surface area contributed by atoms with Crippen molar-refractivity contribution in [2.45, 2.75) is 18.6 Å². The zero-order valence-corrected chi connectivity index (χ0v) is 22.3. The first-order valence-corrected chi connectivity index (χ1v) is 12.8. The normalized spacial score (nSPS) is 18.2. The van der Waals surface area contributed by atoms with Crippen LogP contribution in [0.25, 0.3) is 0 Å². The SMILES string of the molecule is COc1ccc(OC)c(NC(=O)C[C@@H]2C(=O)NCCN2C(=O)CN2CCN(c3cccc(C(F)(F)F)c3)CC2)c1. The van der Waals surface area contributed by atoms with Crippen LogP contribution in [0, 0.1) is 0 Å². The number of piperazine rings is 2. The van der Waals surface area contributed by atoms with E-state index in [0.29, 0.717) is 49.1 Å². The Hall–Kier alpha value is -4.00. The lowest BCUT2D eigenvalue weighted by molar-refractivity contribution is -0.145. The van der Waals surface area contributed by atoms with E-state index in [1.807, 2.05) is 9.80 Å². The Balaban J connectivity index is 1.35. The average Bonchev–Trinajstić information content (AvgIpc) is 2.94. The van der Waals surface area contributed by atoms with Gasteiger partial charge in [0, 0.05) is 51.0 Å². The minimum Gasteiger partial charge on any atom is -0.497 e. The Morgan fingerprint density at radius 3 is 2.45 bits per heavy atom.